The summed E-state index contributed by atoms with van der Waals surface area (Å²) in [6.07, 6.45) is 0. The van der Waals surface area contributed by atoms with E-state index in [0.29, 0.717) is 18.8 Å². The molecule has 1 aromatic heterocycles. The van der Waals surface area contributed by atoms with Gasteiger partial charge in [-0.25, -0.2) is 0 Å². The smallest absolute Gasteiger partial charge is 0.233 e. The minimum Gasteiger partial charge on any atom is -0.338 e. The molecule has 0 spiro atoms. The lowest BCUT2D eigenvalue weighted by Crippen LogP contribution is -2.31. The summed E-state index contributed by atoms with van der Waals surface area (Å²) in [6.45, 7) is 5.37. The van der Waals surface area contributed by atoms with Gasteiger partial charge in [-0.2, -0.15) is 0 Å². The minimum atomic E-state index is 0.103. The molecule has 0 aliphatic heterocycles. The highest BCUT2D eigenvalue weighted by Crippen LogP contribution is 2.23. The number of carbonyl (C=O) groups is 1. The van der Waals surface area contributed by atoms with E-state index in [1.807, 2.05) is 65.9 Å². The summed E-state index contributed by atoms with van der Waals surface area (Å²) in [6, 6.07) is 18.2. The first-order valence-electron chi connectivity index (χ1n) is 8.99. The van der Waals surface area contributed by atoms with Crippen LogP contribution in [0, 0.1) is 6.92 Å². The molecule has 3 aromatic rings. The Balaban J connectivity index is 1.65. The van der Waals surface area contributed by atoms with Crippen molar-refractivity contribution in [2.24, 2.45) is 7.05 Å². The van der Waals surface area contributed by atoms with Gasteiger partial charge in [0.25, 0.3) is 0 Å². The van der Waals surface area contributed by atoms with E-state index in [9.17, 15) is 4.79 Å². The number of benzene rings is 2. The monoisotopic (exact) mass is 380 g/mol. The maximum Gasteiger partial charge on any atom is 0.233 e. The highest BCUT2D eigenvalue weighted by molar-refractivity contribution is 7.99. The van der Waals surface area contributed by atoms with Crippen LogP contribution < -0.4 is 0 Å². The van der Waals surface area contributed by atoms with Crippen LogP contribution in [0.25, 0.3) is 11.4 Å². The molecule has 0 saturated carbocycles. The molecule has 140 valence electrons. The van der Waals surface area contributed by atoms with Crippen molar-refractivity contribution in [3.63, 3.8) is 0 Å². The van der Waals surface area contributed by atoms with Gasteiger partial charge in [-0.15, -0.1) is 10.2 Å². The summed E-state index contributed by atoms with van der Waals surface area (Å²) >= 11 is 1.43. The average molecular weight is 381 g/mol. The van der Waals surface area contributed by atoms with Crippen molar-refractivity contribution in [2.75, 3.05) is 12.3 Å². The second kappa shape index (κ2) is 8.86. The van der Waals surface area contributed by atoms with Crippen LogP contribution in [-0.4, -0.2) is 37.9 Å². The van der Waals surface area contributed by atoms with Gasteiger partial charge in [0.1, 0.15) is 0 Å². The first-order valence-corrected chi connectivity index (χ1v) is 9.98. The van der Waals surface area contributed by atoms with Gasteiger partial charge in [0, 0.05) is 25.7 Å². The highest BCUT2D eigenvalue weighted by atomic mass is 32.2. The van der Waals surface area contributed by atoms with E-state index in [0.717, 1.165) is 22.1 Å². The van der Waals surface area contributed by atoms with E-state index >= 15 is 0 Å². The third-order valence-corrected chi connectivity index (χ3v) is 5.39. The molecule has 27 heavy (non-hydrogen) atoms. The molecule has 5 nitrogen and oxygen atoms in total. The van der Waals surface area contributed by atoms with Crippen molar-refractivity contribution in [2.45, 2.75) is 25.5 Å². The number of hydrogen-bond donors (Lipinski definition) is 0. The Morgan fingerprint density at radius 3 is 2.59 bits per heavy atom. The highest BCUT2D eigenvalue weighted by Gasteiger charge is 2.16. The van der Waals surface area contributed by atoms with Gasteiger partial charge >= 0.3 is 0 Å². The van der Waals surface area contributed by atoms with Gasteiger partial charge in [-0.05, 0) is 25.5 Å². The molecule has 0 fully saturated rings. The molecule has 0 bridgehead atoms. The Kier molecular flexibility index (Phi) is 6.29. The number of thioether (sulfide) groups is 1. The number of amides is 1. The molecule has 0 atom stereocenters. The van der Waals surface area contributed by atoms with Crippen LogP contribution in [0.5, 0.6) is 0 Å². The van der Waals surface area contributed by atoms with Crippen LogP contribution in [0.2, 0.25) is 0 Å². The predicted octanol–water partition coefficient (Wildman–Crippen LogP) is 3.93. The molecular formula is C21H24N4OS. The Labute approximate surface area is 164 Å². The van der Waals surface area contributed by atoms with E-state index in [2.05, 4.69) is 29.3 Å². The SMILES string of the molecule is CCN(Cc1ccccc1)C(=O)CSc1nnc(-c2cccc(C)c2)n1C. The van der Waals surface area contributed by atoms with Crippen LogP contribution in [0.4, 0.5) is 0 Å². The van der Waals surface area contributed by atoms with Crippen LogP contribution >= 0.6 is 11.8 Å². The van der Waals surface area contributed by atoms with Crippen LogP contribution in [0.3, 0.4) is 0 Å². The van der Waals surface area contributed by atoms with Crippen molar-refractivity contribution in [1.29, 1.82) is 0 Å². The maximum absolute atomic E-state index is 12.6. The van der Waals surface area contributed by atoms with Crippen molar-refractivity contribution in [3.8, 4) is 11.4 Å². The van der Waals surface area contributed by atoms with E-state index in [4.69, 9.17) is 0 Å². The quantitative estimate of drug-likeness (QED) is 0.583. The van der Waals surface area contributed by atoms with E-state index in [-0.39, 0.29) is 5.91 Å². The Morgan fingerprint density at radius 1 is 1.11 bits per heavy atom. The zero-order chi connectivity index (χ0) is 19.2. The molecule has 1 heterocycles. The molecule has 2 aromatic carbocycles. The normalized spacial score (nSPS) is 10.8. The van der Waals surface area contributed by atoms with Crippen LogP contribution in [0.15, 0.2) is 59.8 Å². The summed E-state index contributed by atoms with van der Waals surface area (Å²) < 4.78 is 1.94. The standard InChI is InChI=1S/C21H24N4OS/c1-4-25(14-17-10-6-5-7-11-17)19(26)15-27-21-23-22-20(24(21)3)18-12-8-9-16(2)13-18/h5-13H,4,14-15H2,1-3H3. The third kappa shape index (κ3) is 4.77. The fourth-order valence-corrected chi connectivity index (χ4v) is 3.69. The number of nitrogens with zero attached hydrogens (tertiary/aromatic N) is 4. The van der Waals surface area contributed by atoms with Crippen LogP contribution in [-0.2, 0) is 18.4 Å². The number of rotatable bonds is 7. The third-order valence-electron chi connectivity index (χ3n) is 4.39. The fourth-order valence-electron chi connectivity index (χ4n) is 2.87. The Morgan fingerprint density at radius 2 is 1.89 bits per heavy atom. The van der Waals surface area contributed by atoms with E-state index < -0.39 is 0 Å². The van der Waals surface area contributed by atoms with Gasteiger partial charge in [0.15, 0.2) is 11.0 Å². The van der Waals surface area contributed by atoms with E-state index in [1.165, 1.54) is 17.3 Å². The second-order valence-electron chi connectivity index (χ2n) is 6.42. The first-order chi connectivity index (χ1) is 13.1. The van der Waals surface area contributed by atoms with Gasteiger partial charge in [-0.1, -0.05) is 65.9 Å². The largest absolute Gasteiger partial charge is 0.338 e. The molecule has 0 N–H and O–H groups in total. The lowest BCUT2D eigenvalue weighted by molar-refractivity contribution is -0.128. The molecule has 0 radical (unpaired) electrons. The molecule has 6 heteroatoms. The molecule has 0 aliphatic carbocycles. The van der Waals surface area contributed by atoms with Crippen molar-refractivity contribution < 1.29 is 4.79 Å². The summed E-state index contributed by atoms with van der Waals surface area (Å²) in [4.78, 5) is 14.5. The first kappa shape index (κ1) is 19.2. The van der Waals surface area contributed by atoms with Crippen molar-refractivity contribution >= 4 is 17.7 Å². The van der Waals surface area contributed by atoms with Crippen molar-refractivity contribution in [1.82, 2.24) is 19.7 Å². The van der Waals surface area contributed by atoms with E-state index in [1.54, 1.807) is 0 Å². The lowest BCUT2D eigenvalue weighted by atomic mass is 10.1. The number of hydrogen-bond acceptors (Lipinski definition) is 4. The Hall–Kier alpha value is -2.60. The number of aromatic nitrogens is 3. The number of aryl methyl sites for hydroxylation is 1. The molecule has 0 saturated heterocycles. The van der Waals surface area contributed by atoms with Gasteiger partial charge in [-0.3, -0.25) is 4.79 Å². The summed E-state index contributed by atoms with van der Waals surface area (Å²) in [5, 5.41) is 9.32. The molecular weight excluding hydrogens is 356 g/mol. The zero-order valence-electron chi connectivity index (χ0n) is 15.9. The molecule has 0 unspecified atom stereocenters. The minimum absolute atomic E-state index is 0.103. The fraction of sp³-hybridized carbons (Fsp3) is 0.286. The zero-order valence-corrected chi connectivity index (χ0v) is 16.7. The maximum atomic E-state index is 12.6. The van der Waals surface area contributed by atoms with Gasteiger partial charge in [0.2, 0.25) is 5.91 Å². The van der Waals surface area contributed by atoms with Crippen LogP contribution in [0.1, 0.15) is 18.1 Å². The topological polar surface area (TPSA) is 51.0 Å². The van der Waals surface area contributed by atoms with Gasteiger partial charge < -0.3 is 9.47 Å². The molecule has 0 aliphatic rings. The van der Waals surface area contributed by atoms with Gasteiger partial charge in [0.05, 0.1) is 5.75 Å². The average Bonchev–Trinajstić information content (AvgIpc) is 3.05. The summed E-state index contributed by atoms with van der Waals surface area (Å²) in [7, 11) is 1.94. The predicted molar refractivity (Wildman–Crippen MR) is 109 cm³/mol. The summed E-state index contributed by atoms with van der Waals surface area (Å²) in [5.74, 6) is 1.26. The second-order valence-corrected chi connectivity index (χ2v) is 7.36. The number of carbonyl (C=O) groups excluding carboxylic acids is 1. The lowest BCUT2D eigenvalue weighted by Gasteiger charge is -2.20. The molecule has 3 rings (SSSR count). The molecule has 1 amide bonds. The van der Waals surface area contributed by atoms with Crippen molar-refractivity contribution in [3.05, 3.63) is 65.7 Å². The summed E-state index contributed by atoms with van der Waals surface area (Å²) in [5.41, 5.74) is 3.35. The Bertz CT molecular complexity index is 908.